The van der Waals surface area contributed by atoms with Crippen LogP contribution >= 0.6 is 11.6 Å². The van der Waals surface area contributed by atoms with Gasteiger partial charge in [0.15, 0.2) is 0 Å². The maximum Gasteiger partial charge on any atom is 0.141 e. The zero-order valence-corrected chi connectivity index (χ0v) is 13.6. The number of fused-ring (bicyclic) bond motifs is 1. The Labute approximate surface area is 139 Å². The van der Waals surface area contributed by atoms with Crippen LogP contribution in [0, 0.1) is 12.7 Å². The molecule has 0 fully saturated rings. The highest BCUT2D eigenvalue weighted by atomic mass is 35.5. The number of pyridine rings is 1. The summed E-state index contributed by atoms with van der Waals surface area (Å²) in [7, 11) is 0. The van der Waals surface area contributed by atoms with E-state index in [2.05, 4.69) is 10.3 Å². The fourth-order valence-corrected chi connectivity index (χ4v) is 2.59. The highest BCUT2D eigenvalue weighted by molar-refractivity contribution is 6.31. The number of nitrogens with zero attached hydrogens (tertiary/aromatic N) is 1. The van der Waals surface area contributed by atoms with Crippen LogP contribution in [0.4, 0.5) is 15.8 Å². The highest BCUT2D eigenvalue weighted by Gasteiger charge is 2.09. The lowest BCUT2D eigenvalue weighted by Gasteiger charge is -2.14. The quantitative estimate of drug-likeness (QED) is 0.688. The molecule has 0 saturated carbocycles. The monoisotopic (exact) mass is 330 g/mol. The molecule has 0 aliphatic rings. The highest BCUT2D eigenvalue weighted by Crippen LogP contribution is 2.31. The molecule has 0 radical (unpaired) electrons. The second-order valence-corrected chi connectivity index (χ2v) is 5.59. The van der Waals surface area contributed by atoms with E-state index in [0.29, 0.717) is 6.61 Å². The first-order chi connectivity index (χ1) is 11.1. The normalized spacial score (nSPS) is 10.8. The molecule has 1 N–H and O–H groups in total. The number of aryl methyl sites for hydroxylation is 1. The first-order valence-electron chi connectivity index (χ1n) is 7.32. The molecule has 3 nitrogen and oxygen atoms in total. The SMILES string of the molecule is CCOc1ccc2c(Nc3ccc(F)c(Cl)c3)c(C)cnc2c1. The minimum Gasteiger partial charge on any atom is -0.494 e. The molecule has 1 heterocycles. The molecule has 0 atom stereocenters. The fourth-order valence-electron chi connectivity index (χ4n) is 2.41. The Balaban J connectivity index is 2.04. The van der Waals surface area contributed by atoms with E-state index in [4.69, 9.17) is 16.3 Å². The molecule has 23 heavy (non-hydrogen) atoms. The van der Waals surface area contributed by atoms with E-state index in [1.807, 2.05) is 32.0 Å². The number of benzene rings is 2. The van der Waals surface area contributed by atoms with Gasteiger partial charge in [0.1, 0.15) is 11.6 Å². The van der Waals surface area contributed by atoms with Gasteiger partial charge in [-0.2, -0.15) is 0 Å². The van der Waals surface area contributed by atoms with Crippen molar-refractivity contribution in [2.45, 2.75) is 13.8 Å². The topological polar surface area (TPSA) is 34.1 Å². The Kier molecular flexibility index (Phi) is 4.35. The van der Waals surface area contributed by atoms with Crippen LogP contribution in [0.15, 0.2) is 42.6 Å². The van der Waals surface area contributed by atoms with Crippen LogP contribution in [0.5, 0.6) is 5.75 Å². The summed E-state index contributed by atoms with van der Waals surface area (Å²) in [6, 6.07) is 10.3. The summed E-state index contributed by atoms with van der Waals surface area (Å²) in [5.74, 6) is 0.349. The van der Waals surface area contributed by atoms with E-state index in [1.54, 1.807) is 18.3 Å². The Hall–Kier alpha value is -2.33. The van der Waals surface area contributed by atoms with Gasteiger partial charge in [-0.25, -0.2) is 4.39 Å². The molecule has 1 aromatic heterocycles. The minimum atomic E-state index is -0.435. The van der Waals surface area contributed by atoms with Crippen LogP contribution in [-0.2, 0) is 0 Å². The zero-order valence-electron chi connectivity index (χ0n) is 12.9. The lowest BCUT2D eigenvalue weighted by atomic mass is 10.1. The van der Waals surface area contributed by atoms with Crippen molar-refractivity contribution in [1.82, 2.24) is 4.98 Å². The van der Waals surface area contributed by atoms with Crippen molar-refractivity contribution in [3.05, 3.63) is 59.0 Å². The maximum atomic E-state index is 13.3. The van der Waals surface area contributed by atoms with Gasteiger partial charge in [0.25, 0.3) is 0 Å². The van der Waals surface area contributed by atoms with Crippen molar-refractivity contribution < 1.29 is 9.13 Å². The van der Waals surface area contributed by atoms with Gasteiger partial charge >= 0.3 is 0 Å². The predicted molar refractivity (Wildman–Crippen MR) is 92.3 cm³/mol. The Morgan fingerprint density at radius 2 is 2.04 bits per heavy atom. The van der Waals surface area contributed by atoms with Crippen molar-refractivity contribution in [3.8, 4) is 5.75 Å². The third kappa shape index (κ3) is 3.22. The number of ether oxygens (including phenoxy) is 1. The van der Waals surface area contributed by atoms with E-state index >= 15 is 0 Å². The summed E-state index contributed by atoms with van der Waals surface area (Å²) in [5.41, 5.74) is 3.46. The second kappa shape index (κ2) is 6.42. The average molecular weight is 331 g/mol. The summed E-state index contributed by atoms with van der Waals surface area (Å²) in [4.78, 5) is 4.45. The Morgan fingerprint density at radius 3 is 2.78 bits per heavy atom. The smallest absolute Gasteiger partial charge is 0.141 e. The molecule has 0 amide bonds. The van der Waals surface area contributed by atoms with E-state index in [-0.39, 0.29) is 5.02 Å². The standard InChI is InChI=1S/C18H16ClFN2O/c1-3-23-13-5-6-14-17(9-13)21-10-11(2)18(14)22-12-4-7-16(20)15(19)8-12/h4-10H,3H2,1-2H3,(H,21,22). The van der Waals surface area contributed by atoms with Gasteiger partial charge < -0.3 is 10.1 Å². The van der Waals surface area contributed by atoms with Gasteiger partial charge in [-0.05, 0) is 49.7 Å². The fraction of sp³-hybridized carbons (Fsp3) is 0.167. The average Bonchev–Trinajstić information content (AvgIpc) is 2.54. The number of aromatic nitrogens is 1. The first kappa shape index (κ1) is 15.6. The second-order valence-electron chi connectivity index (χ2n) is 5.18. The molecule has 0 aliphatic carbocycles. The van der Waals surface area contributed by atoms with Crippen LogP contribution < -0.4 is 10.1 Å². The lowest BCUT2D eigenvalue weighted by Crippen LogP contribution is -1.97. The third-order valence-corrected chi connectivity index (χ3v) is 3.82. The van der Waals surface area contributed by atoms with Crippen LogP contribution in [0.1, 0.15) is 12.5 Å². The third-order valence-electron chi connectivity index (χ3n) is 3.53. The molecule has 118 valence electrons. The van der Waals surface area contributed by atoms with Crippen molar-refractivity contribution in [2.24, 2.45) is 0 Å². The molecular formula is C18H16ClFN2O. The molecule has 0 saturated heterocycles. The summed E-state index contributed by atoms with van der Waals surface area (Å²) >= 11 is 5.85. The summed E-state index contributed by atoms with van der Waals surface area (Å²) < 4.78 is 18.8. The minimum absolute atomic E-state index is 0.0876. The number of nitrogens with one attached hydrogen (secondary N) is 1. The molecular weight excluding hydrogens is 315 g/mol. The van der Waals surface area contributed by atoms with Crippen LogP contribution in [-0.4, -0.2) is 11.6 Å². The van der Waals surface area contributed by atoms with Crippen LogP contribution in [0.3, 0.4) is 0 Å². The lowest BCUT2D eigenvalue weighted by molar-refractivity contribution is 0.340. The molecule has 3 aromatic rings. The van der Waals surface area contributed by atoms with Crippen LogP contribution in [0.25, 0.3) is 10.9 Å². The van der Waals surface area contributed by atoms with Gasteiger partial charge in [0, 0.05) is 23.3 Å². The van der Waals surface area contributed by atoms with Crippen molar-refractivity contribution in [2.75, 3.05) is 11.9 Å². The van der Waals surface area contributed by atoms with Gasteiger partial charge in [-0.1, -0.05) is 11.6 Å². The number of rotatable bonds is 4. The largest absolute Gasteiger partial charge is 0.494 e. The van der Waals surface area contributed by atoms with Crippen molar-refractivity contribution in [1.29, 1.82) is 0 Å². The molecule has 5 heteroatoms. The maximum absolute atomic E-state index is 13.3. The van der Waals surface area contributed by atoms with Gasteiger partial charge in [0.05, 0.1) is 22.8 Å². The van der Waals surface area contributed by atoms with E-state index in [9.17, 15) is 4.39 Å². The molecule has 0 spiro atoms. The van der Waals surface area contributed by atoms with Gasteiger partial charge in [-0.3, -0.25) is 4.98 Å². The van der Waals surface area contributed by atoms with E-state index in [1.165, 1.54) is 6.07 Å². The summed E-state index contributed by atoms with van der Waals surface area (Å²) in [5, 5.41) is 4.36. The summed E-state index contributed by atoms with van der Waals surface area (Å²) in [6.45, 7) is 4.52. The molecule has 0 aliphatic heterocycles. The first-order valence-corrected chi connectivity index (χ1v) is 7.70. The van der Waals surface area contributed by atoms with Gasteiger partial charge in [-0.15, -0.1) is 0 Å². The zero-order chi connectivity index (χ0) is 16.4. The van der Waals surface area contributed by atoms with Crippen LogP contribution in [0.2, 0.25) is 5.02 Å². The number of hydrogen-bond acceptors (Lipinski definition) is 3. The molecule has 0 bridgehead atoms. The number of anilines is 2. The Morgan fingerprint density at radius 1 is 1.22 bits per heavy atom. The van der Waals surface area contributed by atoms with Crippen molar-refractivity contribution in [3.63, 3.8) is 0 Å². The predicted octanol–water partition coefficient (Wildman–Crippen LogP) is 5.48. The Bertz CT molecular complexity index is 867. The number of halogens is 2. The summed E-state index contributed by atoms with van der Waals surface area (Å²) in [6.07, 6.45) is 1.80. The molecule has 0 unspecified atom stereocenters. The van der Waals surface area contributed by atoms with E-state index < -0.39 is 5.82 Å². The van der Waals surface area contributed by atoms with Crippen molar-refractivity contribution >= 4 is 33.9 Å². The molecule has 2 aromatic carbocycles. The number of hydrogen-bond donors (Lipinski definition) is 1. The molecule has 3 rings (SSSR count). The van der Waals surface area contributed by atoms with E-state index in [0.717, 1.165) is 33.6 Å². The van der Waals surface area contributed by atoms with Gasteiger partial charge in [0.2, 0.25) is 0 Å².